The van der Waals surface area contributed by atoms with Gasteiger partial charge in [-0.25, -0.2) is 0 Å². The van der Waals surface area contributed by atoms with Crippen molar-refractivity contribution < 1.29 is 84.2 Å². The molecule has 4 aliphatic heterocycles. The predicted molar refractivity (Wildman–Crippen MR) is 128 cm³/mol. The van der Waals surface area contributed by atoms with Gasteiger partial charge < -0.3 is 84.2 Å². The monoisotopic (exact) mass is 602 g/mol. The zero-order valence-electron chi connectivity index (χ0n) is 22.9. The van der Waals surface area contributed by atoms with Crippen molar-refractivity contribution in [3.05, 3.63) is 0 Å². The summed E-state index contributed by atoms with van der Waals surface area (Å²) in [6, 6.07) is 0. The number of aliphatic hydroxyl groups excluding tert-OH is 10. The second-order valence-electron chi connectivity index (χ2n) is 11.1. The molecule has 17 heteroatoms. The van der Waals surface area contributed by atoms with Crippen LogP contribution in [0, 0.1) is 0 Å². The van der Waals surface area contributed by atoms with Crippen LogP contribution in [-0.2, 0) is 33.2 Å². The van der Waals surface area contributed by atoms with Gasteiger partial charge in [0, 0.05) is 0 Å². The normalized spacial score (nSPS) is 56.9. The van der Waals surface area contributed by atoms with Crippen molar-refractivity contribution in [1.82, 2.24) is 0 Å². The van der Waals surface area contributed by atoms with E-state index in [-0.39, 0.29) is 0 Å². The van der Waals surface area contributed by atoms with Gasteiger partial charge in [-0.15, -0.1) is 0 Å². The van der Waals surface area contributed by atoms with Crippen LogP contribution in [0.5, 0.6) is 0 Å². The first-order chi connectivity index (χ1) is 19.1. The molecule has 4 fully saturated rings. The molecular weight excluding hydrogens is 560 g/mol. The van der Waals surface area contributed by atoms with Crippen molar-refractivity contribution in [3.8, 4) is 0 Å². The smallest absolute Gasteiger partial charge is 0.187 e. The molecule has 0 amide bonds. The molecule has 10 N–H and O–H groups in total. The Morgan fingerprint density at radius 2 is 0.659 bits per heavy atom. The van der Waals surface area contributed by atoms with Crippen LogP contribution < -0.4 is 0 Å². The SMILES string of the molecule is C[C@H]1O[C@H](O[C@@H]2[C@H](O)[C@@H](O)[C@@H](O[C@H]3[C@H](O)[C@@H](O)[C@@H](O[C@H]4[C@H](O)[C@@H](O)[C@H](O)O[C@@H]4C)O[C@@H]3C)O[C@@H]2C)[C@H](O)[C@@H](O)[C@H]1O. The van der Waals surface area contributed by atoms with Gasteiger partial charge in [-0.3, -0.25) is 0 Å². The average molecular weight is 603 g/mol. The van der Waals surface area contributed by atoms with E-state index in [1.54, 1.807) is 0 Å². The number of hydrogen-bond donors (Lipinski definition) is 10. The predicted octanol–water partition coefficient (Wildman–Crippen LogP) is -5.64. The van der Waals surface area contributed by atoms with Crippen molar-refractivity contribution in [3.63, 3.8) is 0 Å². The first-order valence-corrected chi connectivity index (χ1v) is 13.5. The second-order valence-corrected chi connectivity index (χ2v) is 11.1. The zero-order chi connectivity index (χ0) is 30.5. The lowest BCUT2D eigenvalue weighted by Crippen LogP contribution is -2.66. The quantitative estimate of drug-likeness (QED) is 0.136. The van der Waals surface area contributed by atoms with Gasteiger partial charge in [-0.05, 0) is 27.7 Å². The molecular formula is C24H42O17. The summed E-state index contributed by atoms with van der Waals surface area (Å²) in [5.41, 5.74) is 0. The van der Waals surface area contributed by atoms with Crippen molar-refractivity contribution in [2.24, 2.45) is 0 Å². The van der Waals surface area contributed by atoms with Gasteiger partial charge in [0.25, 0.3) is 0 Å². The molecule has 240 valence electrons. The highest BCUT2D eigenvalue weighted by Crippen LogP contribution is 2.33. The molecule has 4 heterocycles. The van der Waals surface area contributed by atoms with Crippen LogP contribution >= 0.6 is 0 Å². The van der Waals surface area contributed by atoms with Crippen molar-refractivity contribution in [2.45, 2.75) is 151 Å². The Kier molecular flexibility index (Phi) is 10.6. The summed E-state index contributed by atoms with van der Waals surface area (Å²) in [5.74, 6) is 0. The first kappa shape index (κ1) is 33.2. The van der Waals surface area contributed by atoms with Gasteiger partial charge in [0.2, 0.25) is 0 Å². The Balaban J connectivity index is 1.37. The minimum absolute atomic E-state index is 0.904. The summed E-state index contributed by atoms with van der Waals surface area (Å²) in [6.07, 6.45) is -28.5. The molecule has 0 saturated carbocycles. The Labute approximate surface area is 235 Å². The largest absolute Gasteiger partial charge is 0.388 e. The number of hydrogen-bond acceptors (Lipinski definition) is 17. The maximum absolute atomic E-state index is 10.8. The standard InChI is InChI=1S/C24H42O17/c1-5-9(25)10(26)15(31)22(36-5)40-19-7(3)38-24(17(33)12(19)28)41-20-8(4)37-23(16(32)13(20)29)39-18-6(2)35-21(34)14(30)11(18)27/h5-34H,1-4H3/t5-,6-,7-,8-,9+,10+,11-,12-,13-,14-,15-,16-,17-,18-,19+,20-,21-,22-,23-,24-/m1/s1. The van der Waals surface area contributed by atoms with E-state index in [2.05, 4.69) is 0 Å². The van der Waals surface area contributed by atoms with Gasteiger partial charge in [-0.1, -0.05) is 0 Å². The molecule has 0 aromatic rings. The van der Waals surface area contributed by atoms with Crippen molar-refractivity contribution in [1.29, 1.82) is 0 Å². The highest BCUT2D eigenvalue weighted by Gasteiger charge is 2.53. The van der Waals surface area contributed by atoms with E-state index in [1.165, 1.54) is 27.7 Å². The highest BCUT2D eigenvalue weighted by atomic mass is 16.8. The van der Waals surface area contributed by atoms with Crippen LogP contribution in [0.15, 0.2) is 0 Å². The maximum Gasteiger partial charge on any atom is 0.187 e. The maximum atomic E-state index is 10.8. The summed E-state index contributed by atoms with van der Waals surface area (Å²) < 4.78 is 38.8. The molecule has 0 aliphatic carbocycles. The lowest BCUT2D eigenvalue weighted by atomic mass is 9.96. The second kappa shape index (κ2) is 13.1. The van der Waals surface area contributed by atoms with Crippen LogP contribution in [0.4, 0.5) is 0 Å². The molecule has 0 aromatic heterocycles. The summed E-state index contributed by atoms with van der Waals surface area (Å²) in [7, 11) is 0. The topological polar surface area (TPSA) is 267 Å². The molecule has 4 saturated heterocycles. The molecule has 41 heavy (non-hydrogen) atoms. The minimum atomic E-state index is -1.75. The third-order valence-electron chi connectivity index (χ3n) is 8.03. The Morgan fingerprint density at radius 1 is 0.341 bits per heavy atom. The van der Waals surface area contributed by atoms with Gasteiger partial charge in [0.1, 0.15) is 73.2 Å². The third kappa shape index (κ3) is 6.57. The fraction of sp³-hybridized carbons (Fsp3) is 1.00. The van der Waals surface area contributed by atoms with Crippen molar-refractivity contribution >= 4 is 0 Å². The van der Waals surface area contributed by atoms with E-state index in [4.69, 9.17) is 33.2 Å². The van der Waals surface area contributed by atoms with Crippen LogP contribution in [-0.4, -0.2) is 174 Å². The van der Waals surface area contributed by atoms with Crippen LogP contribution in [0.25, 0.3) is 0 Å². The molecule has 0 spiro atoms. The van der Waals surface area contributed by atoms with Crippen LogP contribution in [0.1, 0.15) is 27.7 Å². The van der Waals surface area contributed by atoms with Crippen LogP contribution in [0.3, 0.4) is 0 Å². The van der Waals surface area contributed by atoms with E-state index < -0.39 is 123 Å². The minimum Gasteiger partial charge on any atom is -0.388 e. The summed E-state index contributed by atoms with van der Waals surface area (Å²) in [5, 5.41) is 103. The first-order valence-electron chi connectivity index (χ1n) is 13.5. The van der Waals surface area contributed by atoms with E-state index >= 15 is 0 Å². The lowest BCUT2D eigenvalue weighted by Gasteiger charge is -2.48. The number of rotatable bonds is 6. The summed E-state index contributed by atoms with van der Waals surface area (Å²) in [4.78, 5) is 0. The fourth-order valence-electron chi connectivity index (χ4n) is 5.41. The molecule has 20 atom stereocenters. The lowest BCUT2D eigenvalue weighted by molar-refractivity contribution is -0.381. The molecule has 0 aromatic carbocycles. The van der Waals surface area contributed by atoms with Gasteiger partial charge >= 0.3 is 0 Å². The Bertz CT molecular complexity index is 853. The van der Waals surface area contributed by atoms with E-state index in [0.717, 1.165) is 0 Å². The molecule has 17 nitrogen and oxygen atoms in total. The zero-order valence-corrected chi connectivity index (χ0v) is 22.9. The van der Waals surface area contributed by atoms with E-state index in [1.807, 2.05) is 0 Å². The van der Waals surface area contributed by atoms with E-state index in [0.29, 0.717) is 0 Å². The Hall–Kier alpha value is -0.680. The number of ether oxygens (including phenoxy) is 7. The van der Waals surface area contributed by atoms with E-state index in [9.17, 15) is 51.1 Å². The molecule has 4 aliphatic rings. The summed E-state index contributed by atoms with van der Waals surface area (Å²) in [6.45, 7) is 5.85. The Morgan fingerprint density at radius 3 is 1.07 bits per heavy atom. The molecule has 0 radical (unpaired) electrons. The molecule has 0 unspecified atom stereocenters. The average Bonchev–Trinajstić information content (AvgIpc) is 2.92. The van der Waals surface area contributed by atoms with Gasteiger partial charge in [-0.2, -0.15) is 0 Å². The summed E-state index contributed by atoms with van der Waals surface area (Å²) >= 11 is 0. The van der Waals surface area contributed by atoms with Gasteiger partial charge in [0.15, 0.2) is 25.2 Å². The fourth-order valence-corrected chi connectivity index (χ4v) is 5.41. The highest BCUT2D eigenvalue weighted by molar-refractivity contribution is 4.96. The molecule has 4 rings (SSSR count). The number of aliphatic hydroxyl groups is 10. The third-order valence-corrected chi connectivity index (χ3v) is 8.03. The van der Waals surface area contributed by atoms with Gasteiger partial charge in [0.05, 0.1) is 24.4 Å². The van der Waals surface area contributed by atoms with Crippen LogP contribution in [0.2, 0.25) is 0 Å². The molecule has 0 bridgehead atoms. The van der Waals surface area contributed by atoms with Crippen molar-refractivity contribution in [2.75, 3.05) is 0 Å².